The summed E-state index contributed by atoms with van der Waals surface area (Å²) in [6.07, 6.45) is 5.88. The van der Waals surface area contributed by atoms with Gasteiger partial charge in [0.1, 0.15) is 0 Å². The Hall–Kier alpha value is -0.850. The number of carbonyl (C=O) groups is 1. The molecule has 48 valence electrons. The van der Waals surface area contributed by atoms with E-state index in [0.717, 1.165) is 5.57 Å². The molecule has 0 aromatic rings. The summed E-state index contributed by atoms with van der Waals surface area (Å²) in [6.45, 7) is 3.65. The van der Waals surface area contributed by atoms with Gasteiger partial charge >= 0.3 is 0 Å². The van der Waals surface area contributed by atoms with Gasteiger partial charge < -0.3 is 0 Å². The molecule has 0 heterocycles. The Morgan fingerprint density at radius 1 is 1.67 bits per heavy atom. The zero-order valence-electron chi connectivity index (χ0n) is 5.72. The van der Waals surface area contributed by atoms with Crippen molar-refractivity contribution in [3.8, 4) is 0 Å². The summed E-state index contributed by atoms with van der Waals surface area (Å²) in [5.41, 5.74) is 0.850. The van der Waals surface area contributed by atoms with Gasteiger partial charge in [-0.15, -0.1) is 0 Å². The zero-order valence-corrected chi connectivity index (χ0v) is 5.72. The van der Waals surface area contributed by atoms with Crippen LogP contribution < -0.4 is 0 Å². The van der Waals surface area contributed by atoms with E-state index in [0.29, 0.717) is 5.92 Å². The van der Waals surface area contributed by atoms with Gasteiger partial charge in [-0.25, -0.2) is 0 Å². The maximum Gasteiger partial charge on any atom is 0.159 e. The SMILES string of the molecule is CC(=O)C1=CC(C)C=C1. The van der Waals surface area contributed by atoms with E-state index in [1.807, 2.05) is 18.2 Å². The van der Waals surface area contributed by atoms with E-state index in [1.165, 1.54) is 0 Å². The number of Topliss-reactive ketones (excluding diaryl/α,β-unsaturated/α-hetero) is 1. The monoisotopic (exact) mass is 122 g/mol. The first-order valence-electron chi connectivity index (χ1n) is 3.11. The number of allylic oxidation sites excluding steroid dienone is 4. The van der Waals surface area contributed by atoms with E-state index < -0.39 is 0 Å². The minimum Gasteiger partial charge on any atom is -0.295 e. The molecule has 9 heavy (non-hydrogen) atoms. The smallest absolute Gasteiger partial charge is 0.159 e. The average Bonchev–Trinajstić information content (AvgIpc) is 2.14. The highest BCUT2D eigenvalue weighted by atomic mass is 16.1. The fraction of sp³-hybridized carbons (Fsp3) is 0.375. The van der Waals surface area contributed by atoms with Crippen molar-refractivity contribution in [1.82, 2.24) is 0 Å². The molecule has 0 aromatic heterocycles. The van der Waals surface area contributed by atoms with Crippen molar-refractivity contribution in [1.29, 1.82) is 0 Å². The van der Waals surface area contributed by atoms with Crippen LogP contribution in [0.4, 0.5) is 0 Å². The Labute approximate surface area is 55.1 Å². The molecule has 1 nitrogen and oxygen atoms in total. The van der Waals surface area contributed by atoms with Crippen molar-refractivity contribution < 1.29 is 4.79 Å². The highest BCUT2D eigenvalue weighted by Gasteiger charge is 2.06. The largest absolute Gasteiger partial charge is 0.295 e. The van der Waals surface area contributed by atoms with Crippen LogP contribution in [-0.2, 0) is 4.79 Å². The first kappa shape index (κ1) is 6.27. The van der Waals surface area contributed by atoms with Crippen LogP contribution in [0, 0.1) is 5.92 Å². The second kappa shape index (κ2) is 2.18. The molecule has 0 bridgehead atoms. The van der Waals surface area contributed by atoms with E-state index in [1.54, 1.807) is 6.92 Å². The molecular weight excluding hydrogens is 112 g/mol. The van der Waals surface area contributed by atoms with Crippen molar-refractivity contribution >= 4 is 5.78 Å². The molecule has 1 rings (SSSR count). The van der Waals surface area contributed by atoms with Crippen LogP contribution in [0.15, 0.2) is 23.8 Å². The standard InChI is InChI=1S/C8H10O/c1-6-3-4-8(5-6)7(2)9/h3-6H,1-2H3. The first-order chi connectivity index (χ1) is 4.20. The zero-order chi connectivity index (χ0) is 6.85. The lowest BCUT2D eigenvalue weighted by Gasteiger charge is -1.88. The predicted octanol–water partition coefficient (Wildman–Crippen LogP) is 1.71. The molecule has 0 spiro atoms. The van der Waals surface area contributed by atoms with E-state index in [2.05, 4.69) is 6.92 Å². The van der Waals surface area contributed by atoms with E-state index in [4.69, 9.17) is 0 Å². The summed E-state index contributed by atoms with van der Waals surface area (Å²) in [4.78, 5) is 10.7. The van der Waals surface area contributed by atoms with Crippen molar-refractivity contribution in [3.05, 3.63) is 23.8 Å². The van der Waals surface area contributed by atoms with Crippen LogP contribution >= 0.6 is 0 Å². The molecule has 1 heteroatoms. The molecule has 0 amide bonds. The molecule has 0 N–H and O–H groups in total. The fourth-order valence-electron chi connectivity index (χ4n) is 0.884. The highest BCUT2D eigenvalue weighted by Crippen LogP contribution is 2.14. The lowest BCUT2D eigenvalue weighted by atomic mass is 10.2. The van der Waals surface area contributed by atoms with E-state index >= 15 is 0 Å². The summed E-state index contributed by atoms with van der Waals surface area (Å²) in [5.74, 6) is 0.611. The summed E-state index contributed by atoms with van der Waals surface area (Å²) < 4.78 is 0. The van der Waals surface area contributed by atoms with Crippen LogP contribution in [-0.4, -0.2) is 5.78 Å². The quantitative estimate of drug-likeness (QED) is 0.517. The minimum atomic E-state index is 0.163. The number of carbonyl (C=O) groups excluding carboxylic acids is 1. The molecule has 1 aliphatic carbocycles. The molecule has 0 saturated carbocycles. The average molecular weight is 122 g/mol. The number of rotatable bonds is 1. The Morgan fingerprint density at radius 2 is 2.33 bits per heavy atom. The Balaban J connectivity index is 2.75. The fourth-order valence-corrected chi connectivity index (χ4v) is 0.884. The van der Waals surface area contributed by atoms with Crippen molar-refractivity contribution in [2.75, 3.05) is 0 Å². The third-order valence-electron chi connectivity index (χ3n) is 1.43. The second-order valence-electron chi connectivity index (χ2n) is 2.40. The molecule has 1 aliphatic rings. The molecule has 0 aliphatic heterocycles. The molecule has 0 saturated heterocycles. The number of hydrogen-bond acceptors (Lipinski definition) is 1. The minimum absolute atomic E-state index is 0.163. The number of hydrogen-bond donors (Lipinski definition) is 0. The van der Waals surface area contributed by atoms with Gasteiger partial charge in [-0.1, -0.05) is 25.2 Å². The Morgan fingerprint density at radius 3 is 2.56 bits per heavy atom. The van der Waals surface area contributed by atoms with Gasteiger partial charge in [0.2, 0.25) is 0 Å². The lowest BCUT2D eigenvalue weighted by Crippen LogP contribution is -1.90. The van der Waals surface area contributed by atoms with Crippen LogP contribution in [0.2, 0.25) is 0 Å². The molecule has 1 atom stereocenters. The molecule has 1 unspecified atom stereocenters. The number of ketones is 1. The molecular formula is C8H10O. The van der Waals surface area contributed by atoms with Gasteiger partial charge in [0.25, 0.3) is 0 Å². The van der Waals surface area contributed by atoms with Gasteiger partial charge in [0, 0.05) is 5.57 Å². The van der Waals surface area contributed by atoms with E-state index in [-0.39, 0.29) is 5.78 Å². The van der Waals surface area contributed by atoms with Crippen molar-refractivity contribution in [2.45, 2.75) is 13.8 Å². The normalized spacial score (nSPS) is 24.2. The maximum atomic E-state index is 10.7. The predicted molar refractivity (Wildman–Crippen MR) is 37.1 cm³/mol. The van der Waals surface area contributed by atoms with Gasteiger partial charge in [0.15, 0.2) is 5.78 Å². The molecule has 0 fully saturated rings. The molecule has 0 radical (unpaired) electrons. The summed E-state index contributed by atoms with van der Waals surface area (Å²) >= 11 is 0. The summed E-state index contributed by atoms with van der Waals surface area (Å²) in [7, 11) is 0. The molecule has 0 aromatic carbocycles. The Bertz CT molecular complexity index is 187. The van der Waals surface area contributed by atoms with Gasteiger partial charge in [0.05, 0.1) is 0 Å². The van der Waals surface area contributed by atoms with Crippen molar-refractivity contribution in [2.24, 2.45) is 5.92 Å². The third-order valence-corrected chi connectivity index (χ3v) is 1.43. The van der Waals surface area contributed by atoms with Crippen LogP contribution in [0.5, 0.6) is 0 Å². The van der Waals surface area contributed by atoms with Crippen LogP contribution in [0.3, 0.4) is 0 Å². The Kier molecular flexibility index (Phi) is 1.52. The van der Waals surface area contributed by atoms with Gasteiger partial charge in [-0.3, -0.25) is 4.79 Å². The van der Waals surface area contributed by atoms with Crippen LogP contribution in [0.25, 0.3) is 0 Å². The first-order valence-corrected chi connectivity index (χ1v) is 3.11. The maximum absolute atomic E-state index is 10.7. The lowest BCUT2D eigenvalue weighted by molar-refractivity contribution is -0.113. The topological polar surface area (TPSA) is 17.1 Å². The highest BCUT2D eigenvalue weighted by molar-refractivity contribution is 5.96. The summed E-state index contributed by atoms with van der Waals surface area (Å²) in [6, 6.07) is 0. The van der Waals surface area contributed by atoms with Crippen molar-refractivity contribution in [3.63, 3.8) is 0 Å². The van der Waals surface area contributed by atoms with Gasteiger partial charge in [-0.2, -0.15) is 0 Å². The third kappa shape index (κ3) is 1.28. The van der Waals surface area contributed by atoms with E-state index in [9.17, 15) is 4.79 Å². The second-order valence-corrected chi connectivity index (χ2v) is 2.40. The van der Waals surface area contributed by atoms with Crippen LogP contribution in [0.1, 0.15) is 13.8 Å². The summed E-state index contributed by atoms with van der Waals surface area (Å²) in [5, 5.41) is 0. The van der Waals surface area contributed by atoms with Gasteiger partial charge in [-0.05, 0) is 12.8 Å².